The fraction of sp³-hybridized carbons (Fsp3) is 0.900. The maximum atomic E-state index is 10.5. The van der Waals surface area contributed by atoms with Crippen molar-refractivity contribution in [3.05, 3.63) is 0 Å². The maximum absolute atomic E-state index is 10.5. The second-order valence-corrected chi connectivity index (χ2v) is 4.26. The number of carbonyl (C=O) groups is 1. The van der Waals surface area contributed by atoms with Crippen molar-refractivity contribution in [1.82, 2.24) is 5.32 Å². The van der Waals surface area contributed by atoms with Gasteiger partial charge in [-0.25, -0.2) is 0 Å². The molecule has 4 nitrogen and oxygen atoms in total. The van der Waals surface area contributed by atoms with E-state index in [1.54, 1.807) is 0 Å². The summed E-state index contributed by atoms with van der Waals surface area (Å²) in [5.74, 6) is -0.276. The van der Waals surface area contributed by atoms with Crippen LogP contribution in [0.4, 0.5) is 0 Å². The second-order valence-electron chi connectivity index (χ2n) is 4.26. The molecule has 0 aromatic heterocycles. The Morgan fingerprint density at radius 1 is 1.43 bits per heavy atom. The van der Waals surface area contributed by atoms with Crippen molar-refractivity contribution in [3.63, 3.8) is 0 Å². The standard InChI is InChI=1S/C10H20N2O2/c11-9(14)3-6-12-7-10(8-13)4-1-2-5-10/h12-13H,1-8H2,(H2,11,14). The number of amides is 1. The summed E-state index contributed by atoms with van der Waals surface area (Å²) < 4.78 is 0. The largest absolute Gasteiger partial charge is 0.396 e. The smallest absolute Gasteiger partial charge is 0.218 e. The van der Waals surface area contributed by atoms with Crippen LogP contribution in [0.25, 0.3) is 0 Å². The van der Waals surface area contributed by atoms with Crippen LogP contribution in [0.1, 0.15) is 32.1 Å². The van der Waals surface area contributed by atoms with Crippen molar-refractivity contribution in [2.75, 3.05) is 19.7 Å². The third kappa shape index (κ3) is 3.27. The average molecular weight is 200 g/mol. The molecule has 0 unspecified atom stereocenters. The molecule has 4 N–H and O–H groups in total. The van der Waals surface area contributed by atoms with Gasteiger partial charge in [0.25, 0.3) is 0 Å². The normalized spacial score (nSPS) is 19.8. The summed E-state index contributed by atoms with van der Waals surface area (Å²) in [6.07, 6.45) is 4.97. The van der Waals surface area contributed by atoms with Gasteiger partial charge in [0, 0.05) is 31.5 Å². The number of hydrogen-bond acceptors (Lipinski definition) is 3. The molecule has 14 heavy (non-hydrogen) atoms. The molecule has 0 atom stereocenters. The zero-order valence-corrected chi connectivity index (χ0v) is 8.59. The van der Waals surface area contributed by atoms with E-state index in [1.165, 1.54) is 12.8 Å². The Kier molecular flexibility index (Phi) is 4.35. The van der Waals surface area contributed by atoms with Gasteiger partial charge >= 0.3 is 0 Å². The van der Waals surface area contributed by atoms with E-state index >= 15 is 0 Å². The highest BCUT2D eigenvalue weighted by Crippen LogP contribution is 2.36. The Hall–Kier alpha value is -0.610. The van der Waals surface area contributed by atoms with Crippen LogP contribution in [0.5, 0.6) is 0 Å². The van der Waals surface area contributed by atoms with E-state index in [4.69, 9.17) is 5.73 Å². The van der Waals surface area contributed by atoms with Gasteiger partial charge in [0.2, 0.25) is 5.91 Å². The minimum absolute atomic E-state index is 0.0671. The van der Waals surface area contributed by atoms with Crippen molar-refractivity contribution in [3.8, 4) is 0 Å². The summed E-state index contributed by atoms with van der Waals surface area (Å²) in [5, 5.41) is 12.5. The van der Waals surface area contributed by atoms with Crippen LogP contribution in [0.15, 0.2) is 0 Å². The van der Waals surface area contributed by atoms with Crippen molar-refractivity contribution in [1.29, 1.82) is 0 Å². The maximum Gasteiger partial charge on any atom is 0.218 e. The first kappa shape index (κ1) is 11.5. The van der Waals surface area contributed by atoms with Crippen LogP contribution in [0, 0.1) is 5.41 Å². The van der Waals surface area contributed by atoms with Crippen LogP contribution in [0.2, 0.25) is 0 Å². The van der Waals surface area contributed by atoms with Crippen molar-refractivity contribution in [2.24, 2.45) is 11.1 Å². The molecule has 1 rings (SSSR count). The van der Waals surface area contributed by atoms with E-state index in [2.05, 4.69) is 5.32 Å². The lowest BCUT2D eigenvalue weighted by Gasteiger charge is -2.26. The molecule has 0 spiro atoms. The Bertz CT molecular complexity index is 189. The van der Waals surface area contributed by atoms with Crippen LogP contribution in [0.3, 0.4) is 0 Å². The molecule has 1 fully saturated rings. The van der Waals surface area contributed by atoms with Gasteiger partial charge in [-0.2, -0.15) is 0 Å². The minimum Gasteiger partial charge on any atom is -0.396 e. The highest BCUT2D eigenvalue weighted by atomic mass is 16.3. The number of nitrogens with one attached hydrogen (secondary N) is 1. The van der Waals surface area contributed by atoms with E-state index in [-0.39, 0.29) is 17.9 Å². The first-order valence-corrected chi connectivity index (χ1v) is 5.28. The number of primary amides is 1. The SMILES string of the molecule is NC(=O)CCNCC1(CO)CCCC1. The van der Waals surface area contributed by atoms with Gasteiger partial charge in [0.15, 0.2) is 0 Å². The first-order valence-electron chi connectivity index (χ1n) is 5.28. The van der Waals surface area contributed by atoms with E-state index in [0.717, 1.165) is 19.4 Å². The highest BCUT2D eigenvalue weighted by Gasteiger charge is 2.32. The highest BCUT2D eigenvalue weighted by molar-refractivity contribution is 5.73. The minimum atomic E-state index is -0.276. The van der Waals surface area contributed by atoms with Gasteiger partial charge in [-0.05, 0) is 12.8 Å². The van der Waals surface area contributed by atoms with Crippen LogP contribution < -0.4 is 11.1 Å². The summed E-state index contributed by atoms with van der Waals surface area (Å²) >= 11 is 0. The van der Waals surface area contributed by atoms with E-state index in [1.807, 2.05) is 0 Å². The summed E-state index contributed by atoms with van der Waals surface area (Å²) in [4.78, 5) is 10.5. The van der Waals surface area contributed by atoms with Crippen LogP contribution in [-0.2, 0) is 4.79 Å². The van der Waals surface area contributed by atoms with E-state index < -0.39 is 0 Å². The third-order valence-electron chi connectivity index (χ3n) is 3.05. The predicted molar refractivity (Wildman–Crippen MR) is 54.7 cm³/mol. The first-order chi connectivity index (χ1) is 6.68. The van der Waals surface area contributed by atoms with Crippen molar-refractivity contribution < 1.29 is 9.90 Å². The Morgan fingerprint density at radius 2 is 2.07 bits per heavy atom. The molecule has 1 aliphatic rings. The van der Waals surface area contributed by atoms with E-state index in [9.17, 15) is 9.90 Å². The van der Waals surface area contributed by atoms with Gasteiger partial charge < -0.3 is 16.2 Å². The zero-order valence-electron chi connectivity index (χ0n) is 8.59. The molecule has 0 saturated heterocycles. The zero-order chi connectivity index (χ0) is 10.4. The number of hydrogen-bond donors (Lipinski definition) is 3. The fourth-order valence-electron chi connectivity index (χ4n) is 2.08. The topological polar surface area (TPSA) is 75.4 Å². The summed E-state index contributed by atoms with van der Waals surface area (Å²) in [6, 6.07) is 0. The molecule has 82 valence electrons. The van der Waals surface area contributed by atoms with Crippen LogP contribution in [-0.4, -0.2) is 30.7 Å². The van der Waals surface area contributed by atoms with Gasteiger partial charge in [0.05, 0.1) is 0 Å². The lowest BCUT2D eigenvalue weighted by atomic mass is 9.87. The number of rotatable bonds is 6. The number of nitrogens with two attached hydrogens (primary N) is 1. The summed E-state index contributed by atoms with van der Waals surface area (Å²) in [5.41, 5.74) is 5.09. The molecule has 1 amide bonds. The Labute approximate surface area is 84.9 Å². The number of aliphatic hydroxyl groups excluding tert-OH is 1. The Balaban J connectivity index is 2.18. The van der Waals surface area contributed by atoms with Crippen molar-refractivity contribution in [2.45, 2.75) is 32.1 Å². The van der Waals surface area contributed by atoms with Gasteiger partial charge in [-0.3, -0.25) is 4.79 Å². The lowest BCUT2D eigenvalue weighted by molar-refractivity contribution is -0.117. The predicted octanol–water partition coefficient (Wildman–Crippen LogP) is 0.00410. The fourth-order valence-corrected chi connectivity index (χ4v) is 2.08. The summed E-state index contributed by atoms with van der Waals surface area (Å²) in [7, 11) is 0. The molecule has 0 aliphatic heterocycles. The molecule has 4 heteroatoms. The van der Waals surface area contributed by atoms with Crippen molar-refractivity contribution >= 4 is 5.91 Å². The molecular formula is C10H20N2O2. The third-order valence-corrected chi connectivity index (χ3v) is 3.05. The van der Waals surface area contributed by atoms with Gasteiger partial charge in [-0.15, -0.1) is 0 Å². The number of carbonyl (C=O) groups excluding carboxylic acids is 1. The molecule has 1 aliphatic carbocycles. The molecular weight excluding hydrogens is 180 g/mol. The van der Waals surface area contributed by atoms with Gasteiger partial charge in [0.1, 0.15) is 0 Å². The molecule has 0 heterocycles. The quantitative estimate of drug-likeness (QED) is 0.528. The molecule has 1 saturated carbocycles. The molecule has 0 aromatic carbocycles. The number of aliphatic hydroxyl groups is 1. The monoisotopic (exact) mass is 200 g/mol. The molecule has 0 aromatic rings. The van der Waals surface area contributed by atoms with Gasteiger partial charge in [-0.1, -0.05) is 12.8 Å². The van der Waals surface area contributed by atoms with Crippen LogP contribution >= 0.6 is 0 Å². The molecule has 0 radical (unpaired) electrons. The van der Waals surface area contributed by atoms with E-state index in [0.29, 0.717) is 13.0 Å². The second kappa shape index (κ2) is 5.32. The average Bonchev–Trinajstić information content (AvgIpc) is 2.62. The lowest BCUT2D eigenvalue weighted by Crippen LogP contribution is -2.36. The Morgan fingerprint density at radius 3 is 2.57 bits per heavy atom. The summed E-state index contributed by atoms with van der Waals surface area (Å²) in [6.45, 7) is 1.67. The molecule has 0 bridgehead atoms.